The van der Waals surface area contributed by atoms with Crippen molar-refractivity contribution in [2.24, 2.45) is 0 Å². The minimum Gasteiger partial charge on any atom is -0.325 e. The summed E-state index contributed by atoms with van der Waals surface area (Å²) < 4.78 is 0. The second kappa shape index (κ2) is 7.74. The van der Waals surface area contributed by atoms with Crippen LogP contribution in [0.4, 0.5) is 11.5 Å². The molecule has 1 aromatic heterocycles. The van der Waals surface area contributed by atoms with Crippen molar-refractivity contribution in [2.75, 3.05) is 18.0 Å². The Kier molecular flexibility index (Phi) is 5.69. The highest BCUT2D eigenvalue weighted by molar-refractivity contribution is 5.62. The van der Waals surface area contributed by atoms with Crippen LogP contribution in [0.5, 0.6) is 0 Å². The van der Waals surface area contributed by atoms with Crippen LogP contribution in [0.3, 0.4) is 0 Å². The number of aromatic nitrogens is 2. The molecule has 2 aromatic rings. The van der Waals surface area contributed by atoms with Crippen molar-refractivity contribution in [1.82, 2.24) is 15.3 Å². The van der Waals surface area contributed by atoms with Crippen LogP contribution in [0.25, 0.3) is 0 Å². The van der Waals surface area contributed by atoms with Gasteiger partial charge in [0.1, 0.15) is 0 Å². The van der Waals surface area contributed by atoms with E-state index >= 15 is 0 Å². The lowest BCUT2D eigenvalue weighted by Gasteiger charge is -2.24. The summed E-state index contributed by atoms with van der Waals surface area (Å²) in [5.74, 6) is 0.905. The maximum atomic E-state index is 4.73. The second-order valence-electron chi connectivity index (χ2n) is 5.08. The summed E-state index contributed by atoms with van der Waals surface area (Å²) in [6, 6.07) is 8.37. The first-order valence-electron chi connectivity index (χ1n) is 7.61. The van der Waals surface area contributed by atoms with Gasteiger partial charge in [-0.1, -0.05) is 25.1 Å². The molecule has 0 aliphatic carbocycles. The first-order chi connectivity index (χ1) is 10.3. The standard InChI is InChI=1S/C17H24N4/c1-4-10-18-11-15-12-19-13-17(20-15)21(5-2)16-9-7-6-8-14(16)3/h6-9,12-13,18H,4-5,10-11H2,1-3H3. The summed E-state index contributed by atoms with van der Waals surface area (Å²) in [4.78, 5) is 11.3. The van der Waals surface area contributed by atoms with Crippen LogP contribution in [0, 0.1) is 6.92 Å². The van der Waals surface area contributed by atoms with Crippen LogP contribution in [0.2, 0.25) is 0 Å². The van der Waals surface area contributed by atoms with E-state index in [0.717, 1.165) is 37.6 Å². The summed E-state index contributed by atoms with van der Waals surface area (Å²) in [5, 5.41) is 3.37. The van der Waals surface area contributed by atoms with Crippen LogP contribution in [0.1, 0.15) is 31.5 Å². The fraction of sp³-hybridized carbons (Fsp3) is 0.412. The highest BCUT2D eigenvalue weighted by Crippen LogP contribution is 2.25. The molecule has 0 spiro atoms. The van der Waals surface area contributed by atoms with Crippen LogP contribution >= 0.6 is 0 Å². The number of nitrogens with zero attached hydrogens (tertiary/aromatic N) is 3. The van der Waals surface area contributed by atoms with Gasteiger partial charge in [0, 0.05) is 25.0 Å². The second-order valence-corrected chi connectivity index (χ2v) is 5.08. The predicted octanol–water partition coefficient (Wildman–Crippen LogP) is 3.44. The number of hydrogen-bond donors (Lipinski definition) is 1. The Morgan fingerprint density at radius 3 is 2.67 bits per heavy atom. The van der Waals surface area contributed by atoms with E-state index in [1.807, 2.05) is 12.4 Å². The highest BCUT2D eigenvalue weighted by Gasteiger charge is 2.11. The summed E-state index contributed by atoms with van der Waals surface area (Å²) in [6.45, 7) is 9.05. The fourth-order valence-corrected chi connectivity index (χ4v) is 2.33. The molecule has 21 heavy (non-hydrogen) atoms. The molecule has 0 amide bonds. The molecule has 0 fully saturated rings. The first kappa shape index (κ1) is 15.4. The van der Waals surface area contributed by atoms with Crippen LogP contribution < -0.4 is 10.2 Å². The highest BCUT2D eigenvalue weighted by atomic mass is 15.2. The van der Waals surface area contributed by atoms with Crippen LogP contribution in [-0.4, -0.2) is 23.1 Å². The molecule has 0 saturated heterocycles. The number of anilines is 2. The molecule has 1 N–H and O–H groups in total. The Balaban J connectivity index is 2.22. The van der Waals surface area contributed by atoms with Gasteiger partial charge < -0.3 is 10.2 Å². The zero-order chi connectivity index (χ0) is 15.1. The van der Waals surface area contributed by atoms with E-state index in [0.29, 0.717) is 0 Å². The van der Waals surface area contributed by atoms with Crippen molar-refractivity contribution in [2.45, 2.75) is 33.7 Å². The van der Waals surface area contributed by atoms with Crippen molar-refractivity contribution in [3.05, 3.63) is 47.9 Å². The fourth-order valence-electron chi connectivity index (χ4n) is 2.33. The lowest BCUT2D eigenvalue weighted by molar-refractivity contribution is 0.661. The number of benzene rings is 1. The zero-order valence-corrected chi connectivity index (χ0v) is 13.1. The molecular weight excluding hydrogens is 260 g/mol. The summed E-state index contributed by atoms with van der Waals surface area (Å²) in [6.07, 6.45) is 4.79. The summed E-state index contributed by atoms with van der Waals surface area (Å²) in [7, 11) is 0. The number of hydrogen-bond acceptors (Lipinski definition) is 4. The number of rotatable bonds is 7. The van der Waals surface area contributed by atoms with Crippen molar-refractivity contribution < 1.29 is 0 Å². The van der Waals surface area contributed by atoms with Crippen molar-refractivity contribution in [3.8, 4) is 0 Å². The lowest BCUT2D eigenvalue weighted by Crippen LogP contribution is -2.20. The number of nitrogens with one attached hydrogen (secondary N) is 1. The maximum Gasteiger partial charge on any atom is 0.151 e. The van der Waals surface area contributed by atoms with Crippen molar-refractivity contribution in [1.29, 1.82) is 0 Å². The molecule has 2 rings (SSSR count). The van der Waals surface area contributed by atoms with Gasteiger partial charge in [0.25, 0.3) is 0 Å². The van der Waals surface area contributed by atoms with Gasteiger partial charge >= 0.3 is 0 Å². The molecule has 0 bridgehead atoms. The molecule has 0 unspecified atom stereocenters. The van der Waals surface area contributed by atoms with Gasteiger partial charge in [-0.3, -0.25) is 4.98 Å². The largest absolute Gasteiger partial charge is 0.325 e. The number of aryl methyl sites for hydroxylation is 1. The van der Waals surface area contributed by atoms with Crippen molar-refractivity contribution in [3.63, 3.8) is 0 Å². The Bertz CT molecular complexity index is 568. The smallest absolute Gasteiger partial charge is 0.151 e. The Hall–Kier alpha value is -1.94. The van der Waals surface area contributed by atoms with E-state index in [9.17, 15) is 0 Å². The van der Waals surface area contributed by atoms with Gasteiger partial charge in [0.05, 0.1) is 11.9 Å². The lowest BCUT2D eigenvalue weighted by atomic mass is 10.2. The van der Waals surface area contributed by atoms with E-state index in [-0.39, 0.29) is 0 Å². The van der Waals surface area contributed by atoms with E-state index < -0.39 is 0 Å². The molecule has 0 atom stereocenters. The van der Waals surface area contributed by atoms with Gasteiger partial charge in [-0.25, -0.2) is 4.98 Å². The van der Waals surface area contributed by atoms with Crippen LogP contribution in [0.15, 0.2) is 36.7 Å². The summed E-state index contributed by atoms with van der Waals surface area (Å²) in [5.41, 5.74) is 3.41. The third-order valence-electron chi connectivity index (χ3n) is 3.40. The molecule has 1 aromatic carbocycles. The normalized spacial score (nSPS) is 10.6. The van der Waals surface area contributed by atoms with Crippen LogP contribution in [-0.2, 0) is 6.54 Å². The minimum absolute atomic E-state index is 0.764. The Morgan fingerprint density at radius 2 is 1.95 bits per heavy atom. The zero-order valence-electron chi connectivity index (χ0n) is 13.1. The van der Waals surface area contributed by atoms with Gasteiger partial charge in [0.2, 0.25) is 0 Å². The molecule has 4 nitrogen and oxygen atoms in total. The van der Waals surface area contributed by atoms with E-state index in [1.54, 1.807) is 0 Å². The van der Waals surface area contributed by atoms with Crippen molar-refractivity contribution >= 4 is 11.5 Å². The predicted molar refractivity (Wildman–Crippen MR) is 87.9 cm³/mol. The molecule has 0 aliphatic heterocycles. The maximum absolute atomic E-state index is 4.73. The van der Waals surface area contributed by atoms with Gasteiger partial charge in [-0.2, -0.15) is 0 Å². The van der Waals surface area contributed by atoms with E-state index in [4.69, 9.17) is 4.98 Å². The quantitative estimate of drug-likeness (QED) is 0.791. The molecule has 0 saturated carbocycles. The van der Waals surface area contributed by atoms with E-state index in [1.165, 1.54) is 11.3 Å². The van der Waals surface area contributed by atoms with Gasteiger partial charge in [0.15, 0.2) is 5.82 Å². The topological polar surface area (TPSA) is 41.1 Å². The summed E-state index contributed by atoms with van der Waals surface area (Å²) >= 11 is 0. The number of para-hydroxylation sites is 1. The minimum atomic E-state index is 0.764. The average molecular weight is 284 g/mol. The average Bonchev–Trinajstić information content (AvgIpc) is 2.51. The monoisotopic (exact) mass is 284 g/mol. The third kappa shape index (κ3) is 4.02. The molecule has 1 heterocycles. The third-order valence-corrected chi connectivity index (χ3v) is 3.40. The molecule has 112 valence electrons. The molecule has 0 radical (unpaired) electrons. The Labute approximate surface area is 127 Å². The molecule has 4 heteroatoms. The van der Waals surface area contributed by atoms with Gasteiger partial charge in [-0.15, -0.1) is 0 Å². The van der Waals surface area contributed by atoms with E-state index in [2.05, 4.69) is 60.2 Å². The molecule has 0 aliphatic rings. The molecular formula is C17H24N4. The first-order valence-corrected chi connectivity index (χ1v) is 7.61. The SMILES string of the molecule is CCCNCc1cncc(N(CC)c2ccccc2C)n1. The Morgan fingerprint density at radius 1 is 1.14 bits per heavy atom. The van der Waals surface area contributed by atoms with Gasteiger partial charge in [-0.05, 0) is 38.4 Å².